The molecule has 2 unspecified atom stereocenters. The van der Waals surface area contributed by atoms with Crippen LogP contribution in [0.3, 0.4) is 0 Å². The lowest BCUT2D eigenvalue weighted by Gasteiger charge is -2.46. The number of carbonyl (C=O) groups is 1. The first-order chi connectivity index (χ1) is 14.4. The van der Waals surface area contributed by atoms with Crippen molar-refractivity contribution in [3.8, 4) is 0 Å². The van der Waals surface area contributed by atoms with Crippen molar-refractivity contribution < 1.29 is 4.79 Å². The highest BCUT2D eigenvalue weighted by Gasteiger charge is 2.39. The first kappa shape index (κ1) is 20.5. The van der Waals surface area contributed by atoms with Crippen LogP contribution in [0.4, 0.5) is 22.7 Å². The minimum Gasteiger partial charge on any atom is -0.399 e. The Hall–Kier alpha value is -2.77. The van der Waals surface area contributed by atoms with E-state index in [0.29, 0.717) is 0 Å². The van der Waals surface area contributed by atoms with Crippen LogP contribution < -0.4 is 21.3 Å². The van der Waals surface area contributed by atoms with Gasteiger partial charge in [-0.05, 0) is 62.6 Å². The van der Waals surface area contributed by atoms with Crippen molar-refractivity contribution >= 4 is 28.5 Å². The Labute approximate surface area is 178 Å². The van der Waals surface area contributed by atoms with E-state index in [1.807, 2.05) is 48.5 Å². The molecular weight excluding hydrogens is 376 g/mol. The Morgan fingerprint density at radius 3 is 1.43 bits per heavy atom. The first-order valence-electron chi connectivity index (χ1n) is 10.6. The fourth-order valence-corrected chi connectivity index (χ4v) is 4.50. The molecular formula is C23H32N6O. The van der Waals surface area contributed by atoms with Crippen LogP contribution in [0, 0.1) is 0 Å². The van der Waals surface area contributed by atoms with E-state index in [1.54, 1.807) is 0 Å². The summed E-state index contributed by atoms with van der Waals surface area (Å²) in [5.74, 6) is 0.266. The Balaban J connectivity index is 1.63. The molecule has 2 aliphatic heterocycles. The molecule has 4 rings (SSSR count). The average Bonchev–Trinajstić information content (AvgIpc) is 2.74. The largest absolute Gasteiger partial charge is 0.399 e. The molecule has 7 nitrogen and oxygen atoms in total. The molecule has 2 fully saturated rings. The summed E-state index contributed by atoms with van der Waals surface area (Å²) >= 11 is 0. The van der Waals surface area contributed by atoms with E-state index in [0.717, 1.165) is 62.0 Å². The van der Waals surface area contributed by atoms with Crippen LogP contribution in [0.2, 0.25) is 0 Å². The van der Waals surface area contributed by atoms with Crippen molar-refractivity contribution in [3.05, 3.63) is 48.5 Å². The Morgan fingerprint density at radius 2 is 1.07 bits per heavy atom. The van der Waals surface area contributed by atoms with Crippen LogP contribution >= 0.6 is 0 Å². The predicted molar refractivity (Wildman–Crippen MR) is 124 cm³/mol. The third-order valence-corrected chi connectivity index (χ3v) is 6.27. The maximum absolute atomic E-state index is 14.0. The van der Waals surface area contributed by atoms with Crippen LogP contribution in [0.5, 0.6) is 0 Å². The lowest BCUT2D eigenvalue weighted by molar-refractivity contribution is -0.123. The smallest absolute Gasteiger partial charge is 0.180 e. The topological polar surface area (TPSA) is 82.1 Å². The van der Waals surface area contributed by atoms with Gasteiger partial charge in [-0.25, -0.2) is 0 Å². The summed E-state index contributed by atoms with van der Waals surface area (Å²) in [5.41, 5.74) is 15.3. The molecule has 160 valence electrons. The van der Waals surface area contributed by atoms with Gasteiger partial charge in [0, 0.05) is 62.0 Å². The standard InChI is InChI=1S/C23H32N6O/c1-26-11-13-28(19-7-3-17(24)4-8-19)21(15-26)23(30)22-16-27(2)12-14-29(22)20-9-5-18(25)6-10-20/h3-10,21-22H,11-16,24-25H2,1-2H3. The molecule has 2 aromatic carbocycles. The number of ketones is 1. The lowest BCUT2D eigenvalue weighted by atomic mass is 9.96. The maximum Gasteiger partial charge on any atom is 0.180 e. The molecule has 0 spiro atoms. The van der Waals surface area contributed by atoms with E-state index in [-0.39, 0.29) is 17.9 Å². The highest BCUT2D eigenvalue weighted by atomic mass is 16.1. The zero-order valence-corrected chi connectivity index (χ0v) is 17.9. The lowest BCUT2D eigenvalue weighted by Crippen LogP contribution is -2.64. The van der Waals surface area contributed by atoms with E-state index in [2.05, 4.69) is 33.7 Å². The van der Waals surface area contributed by atoms with Gasteiger partial charge < -0.3 is 31.1 Å². The van der Waals surface area contributed by atoms with E-state index >= 15 is 0 Å². The SMILES string of the molecule is CN1CCN(c2ccc(N)cc2)C(C(=O)C2CN(C)CCN2c2ccc(N)cc2)C1. The van der Waals surface area contributed by atoms with Crippen LogP contribution in [0.25, 0.3) is 0 Å². The molecule has 0 bridgehead atoms. The summed E-state index contributed by atoms with van der Waals surface area (Å²) in [6, 6.07) is 15.3. The summed E-state index contributed by atoms with van der Waals surface area (Å²) in [5, 5.41) is 0. The van der Waals surface area contributed by atoms with Gasteiger partial charge in [0.1, 0.15) is 12.1 Å². The molecule has 4 N–H and O–H groups in total. The predicted octanol–water partition coefficient (Wildman–Crippen LogP) is 1.36. The second kappa shape index (κ2) is 8.53. The molecule has 0 aromatic heterocycles. The van der Waals surface area contributed by atoms with Crippen molar-refractivity contribution in [2.24, 2.45) is 0 Å². The van der Waals surface area contributed by atoms with Gasteiger partial charge in [-0.15, -0.1) is 0 Å². The van der Waals surface area contributed by atoms with Gasteiger partial charge in [-0.2, -0.15) is 0 Å². The van der Waals surface area contributed by atoms with Gasteiger partial charge >= 0.3 is 0 Å². The van der Waals surface area contributed by atoms with E-state index in [4.69, 9.17) is 11.5 Å². The van der Waals surface area contributed by atoms with Crippen molar-refractivity contribution in [1.29, 1.82) is 0 Å². The number of nitrogen functional groups attached to an aromatic ring is 2. The van der Waals surface area contributed by atoms with Crippen LogP contribution in [-0.4, -0.2) is 81.0 Å². The van der Waals surface area contributed by atoms with E-state index < -0.39 is 0 Å². The number of Topliss-reactive ketones (excluding diaryl/α,β-unsaturated/α-hetero) is 1. The number of anilines is 4. The normalized spacial score (nSPS) is 23.5. The molecule has 2 heterocycles. The number of carbonyl (C=O) groups excluding carboxylic acids is 1. The van der Waals surface area contributed by atoms with Gasteiger partial charge in [0.2, 0.25) is 0 Å². The van der Waals surface area contributed by atoms with Gasteiger partial charge in [0.05, 0.1) is 0 Å². The summed E-state index contributed by atoms with van der Waals surface area (Å²) in [6.07, 6.45) is 0. The van der Waals surface area contributed by atoms with Crippen LogP contribution in [0.15, 0.2) is 48.5 Å². The summed E-state index contributed by atoms with van der Waals surface area (Å²) < 4.78 is 0. The molecule has 0 saturated carbocycles. The molecule has 2 atom stereocenters. The molecule has 30 heavy (non-hydrogen) atoms. The number of hydrogen-bond acceptors (Lipinski definition) is 7. The molecule has 2 aliphatic rings. The first-order valence-corrected chi connectivity index (χ1v) is 10.6. The number of likely N-dealkylation sites (N-methyl/N-ethyl adjacent to an activating group) is 2. The minimum atomic E-state index is -0.194. The van der Waals surface area contributed by atoms with Crippen molar-refractivity contribution in [3.63, 3.8) is 0 Å². The summed E-state index contributed by atoms with van der Waals surface area (Å²) in [4.78, 5) is 22.9. The third kappa shape index (κ3) is 4.22. The molecule has 7 heteroatoms. The van der Waals surface area contributed by atoms with Gasteiger partial charge in [-0.1, -0.05) is 0 Å². The van der Waals surface area contributed by atoms with Gasteiger partial charge in [0.25, 0.3) is 0 Å². The molecule has 0 aliphatic carbocycles. The van der Waals surface area contributed by atoms with Crippen LogP contribution in [-0.2, 0) is 4.79 Å². The number of benzene rings is 2. The molecule has 2 saturated heterocycles. The highest BCUT2D eigenvalue weighted by molar-refractivity contribution is 5.95. The van der Waals surface area contributed by atoms with E-state index in [1.165, 1.54) is 0 Å². The fourth-order valence-electron chi connectivity index (χ4n) is 4.50. The van der Waals surface area contributed by atoms with Crippen molar-refractivity contribution in [2.45, 2.75) is 12.1 Å². The third-order valence-electron chi connectivity index (χ3n) is 6.27. The fraction of sp³-hybridized carbons (Fsp3) is 0.435. The zero-order valence-electron chi connectivity index (χ0n) is 17.9. The number of hydrogen-bond donors (Lipinski definition) is 2. The second-order valence-electron chi connectivity index (χ2n) is 8.53. The quantitative estimate of drug-likeness (QED) is 0.739. The molecule has 0 amide bonds. The monoisotopic (exact) mass is 408 g/mol. The average molecular weight is 409 g/mol. The minimum absolute atomic E-state index is 0.194. The second-order valence-corrected chi connectivity index (χ2v) is 8.53. The Morgan fingerprint density at radius 1 is 0.700 bits per heavy atom. The Kier molecular flexibility index (Phi) is 5.83. The van der Waals surface area contributed by atoms with E-state index in [9.17, 15) is 4.79 Å². The summed E-state index contributed by atoms with van der Waals surface area (Å²) in [7, 11) is 4.18. The number of piperazine rings is 2. The molecule has 2 aromatic rings. The molecule has 0 radical (unpaired) electrons. The zero-order chi connectivity index (χ0) is 21.3. The van der Waals surface area contributed by atoms with Gasteiger partial charge in [-0.3, -0.25) is 4.79 Å². The highest BCUT2D eigenvalue weighted by Crippen LogP contribution is 2.27. The van der Waals surface area contributed by atoms with Gasteiger partial charge in [0.15, 0.2) is 5.78 Å². The van der Waals surface area contributed by atoms with Crippen molar-refractivity contribution in [2.75, 3.05) is 74.6 Å². The maximum atomic E-state index is 14.0. The number of rotatable bonds is 4. The summed E-state index contributed by atoms with van der Waals surface area (Å²) in [6.45, 7) is 4.95. The Bertz CT molecular complexity index is 797. The number of nitrogens with two attached hydrogens (primary N) is 2. The number of nitrogens with zero attached hydrogens (tertiary/aromatic N) is 4. The van der Waals surface area contributed by atoms with Crippen LogP contribution in [0.1, 0.15) is 0 Å². The van der Waals surface area contributed by atoms with Crippen molar-refractivity contribution in [1.82, 2.24) is 9.80 Å².